The minimum Gasteiger partial charge on any atom is -0.490 e. The second-order valence-corrected chi connectivity index (χ2v) is 5.52. The fourth-order valence-corrected chi connectivity index (χ4v) is 2.77. The van der Waals surface area contributed by atoms with Crippen molar-refractivity contribution >= 4 is 17.1 Å². The third kappa shape index (κ3) is 2.98. The zero-order chi connectivity index (χ0) is 15.5. The van der Waals surface area contributed by atoms with Crippen LogP contribution in [0.5, 0.6) is 5.75 Å². The average Bonchev–Trinajstić information content (AvgIpc) is 3.05. The Bertz CT molecular complexity index is 741. The van der Waals surface area contributed by atoms with Crippen molar-refractivity contribution in [3.8, 4) is 5.75 Å². The molecule has 6 heteroatoms. The highest BCUT2D eigenvalue weighted by Gasteiger charge is 2.26. The fraction of sp³-hybridized carbons (Fsp3) is 0.294. The van der Waals surface area contributed by atoms with Crippen molar-refractivity contribution in [1.82, 2.24) is 15.3 Å². The van der Waals surface area contributed by atoms with E-state index in [1.54, 1.807) is 12.4 Å². The number of para-hydroxylation sites is 2. The number of hydrogen-bond donors (Lipinski definition) is 1. The van der Waals surface area contributed by atoms with Crippen LogP contribution in [-0.2, 0) is 0 Å². The normalized spacial score (nSPS) is 18.3. The van der Waals surface area contributed by atoms with Crippen molar-refractivity contribution in [1.29, 1.82) is 0 Å². The van der Waals surface area contributed by atoms with Crippen LogP contribution in [0.3, 0.4) is 0 Å². The summed E-state index contributed by atoms with van der Waals surface area (Å²) < 4.78 is 11.8. The van der Waals surface area contributed by atoms with Crippen LogP contribution in [-0.4, -0.2) is 42.3 Å². The molecule has 0 aliphatic carbocycles. The smallest absolute Gasteiger partial charge is 0.298 e. The van der Waals surface area contributed by atoms with Gasteiger partial charge in [-0.2, -0.15) is 4.98 Å². The van der Waals surface area contributed by atoms with Crippen LogP contribution in [0.1, 0.15) is 0 Å². The molecule has 0 amide bonds. The Kier molecular flexibility index (Phi) is 3.81. The third-order valence-electron chi connectivity index (χ3n) is 3.96. The molecule has 6 nitrogen and oxygen atoms in total. The molecule has 1 N–H and O–H groups in total. The molecule has 0 saturated carbocycles. The Hall–Kier alpha value is -2.60. The molecule has 3 aromatic rings. The molecule has 0 unspecified atom stereocenters. The van der Waals surface area contributed by atoms with Gasteiger partial charge in [0.15, 0.2) is 5.58 Å². The van der Waals surface area contributed by atoms with Gasteiger partial charge in [-0.3, -0.25) is 4.98 Å². The highest BCUT2D eigenvalue weighted by atomic mass is 16.5. The lowest BCUT2D eigenvalue weighted by Crippen LogP contribution is -2.54. The van der Waals surface area contributed by atoms with E-state index in [1.165, 1.54) is 0 Å². The topological polar surface area (TPSA) is 63.4 Å². The third-order valence-corrected chi connectivity index (χ3v) is 3.96. The van der Waals surface area contributed by atoms with Crippen molar-refractivity contribution in [2.45, 2.75) is 6.04 Å². The van der Waals surface area contributed by atoms with Crippen molar-refractivity contribution in [2.24, 2.45) is 0 Å². The van der Waals surface area contributed by atoms with E-state index >= 15 is 0 Å². The molecule has 2 aromatic heterocycles. The van der Waals surface area contributed by atoms with Crippen molar-refractivity contribution in [3.05, 3.63) is 48.8 Å². The number of piperazine rings is 1. The molecule has 118 valence electrons. The number of ether oxygens (including phenoxy) is 1. The Morgan fingerprint density at radius 1 is 1.26 bits per heavy atom. The molecule has 1 atom stereocenters. The van der Waals surface area contributed by atoms with E-state index in [-0.39, 0.29) is 6.04 Å². The number of rotatable bonds is 4. The summed E-state index contributed by atoms with van der Waals surface area (Å²) in [5.41, 5.74) is 1.70. The summed E-state index contributed by atoms with van der Waals surface area (Å²) in [5.74, 6) is 0.774. The van der Waals surface area contributed by atoms with Crippen LogP contribution in [0.2, 0.25) is 0 Å². The Morgan fingerprint density at radius 2 is 2.22 bits per heavy atom. The largest absolute Gasteiger partial charge is 0.490 e. The second kappa shape index (κ2) is 6.26. The Labute approximate surface area is 134 Å². The SMILES string of the molecule is c1cncc(OC[C@H]2CNCCN2c2nc3ccccc3o2)c1. The average molecular weight is 310 g/mol. The lowest BCUT2D eigenvalue weighted by molar-refractivity contribution is 0.261. The summed E-state index contributed by atoms with van der Waals surface area (Å²) in [5, 5.41) is 3.40. The molecular weight excluding hydrogens is 292 g/mol. The first-order valence-corrected chi connectivity index (χ1v) is 7.76. The van der Waals surface area contributed by atoms with E-state index in [4.69, 9.17) is 9.15 Å². The van der Waals surface area contributed by atoms with Gasteiger partial charge in [0.2, 0.25) is 0 Å². The zero-order valence-corrected chi connectivity index (χ0v) is 12.7. The molecule has 1 aliphatic heterocycles. The molecular formula is C17H18N4O2. The maximum Gasteiger partial charge on any atom is 0.298 e. The van der Waals surface area contributed by atoms with Crippen LogP contribution in [0.25, 0.3) is 11.1 Å². The molecule has 3 heterocycles. The summed E-state index contributed by atoms with van der Waals surface area (Å²) >= 11 is 0. The van der Waals surface area contributed by atoms with E-state index in [1.807, 2.05) is 36.4 Å². The predicted molar refractivity (Wildman–Crippen MR) is 87.7 cm³/mol. The van der Waals surface area contributed by atoms with Gasteiger partial charge in [0.1, 0.15) is 17.9 Å². The number of oxazole rings is 1. The first-order valence-electron chi connectivity index (χ1n) is 7.76. The minimum absolute atomic E-state index is 0.164. The molecule has 0 radical (unpaired) electrons. The van der Waals surface area contributed by atoms with Crippen LogP contribution in [0.15, 0.2) is 53.2 Å². The number of anilines is 1. The minimum atomic E-state index is 0.164. The summed E-state index contributed by atoms with van der Waals surface area (Å²) in [4.78, 5) is 10.8. The first kappa shape index (κ1) is 14.0. The molecule has 1 saturated heterocycles. The molecule has 4 rings (SSSR count). The highest BCUT2D eigenvalue weighted by Crippen LogP contribution is 2.24. The van der Waals surface area contributed by atoms with E-state index in [0.29, 0.717) is 12.6 Å². The van der Waals surface area contributed by atoms with E-state index < -0.39 is 0 Å². The Morgan fingerprint density at radius 3 is 3.09 bits per heavy atom. The zero-order valence-electron chi connectivity index (χ0n) is 12.7. The number of nitrogens with zero attached hydrogens (tertiary/aromatic N) is 3. The maximum atomic E-state index is 5.91. The van der Waals surface area contributed by atoms with Crippen LogP contribution < -0.4 is 15.0 Å². The van der Waals surface area contributed by atoms with Crippen LogP contribution in [0.4, 0.5) is 6.01 Å². The van der Waals surface area contributed by atoms with Crippen molar-refractivity contribution in [2.75, 3.05) is 31.1 Å². The monoisotopic (exact) mass is 310 g/mol. The summed E-state index contributed by atoms with van der Waals surface area (Å²) in [6.45, 7) is 3.13. The highest BCUT2D eigenvalue weighted by molar-refractivity contribution is 5.74. The Balaban J connectivity index is 1.53. The molecule has 1 aromatic carbocycles. The van der Waals surface area contributed by atoms with Gasteiger partial charge in [-0.1, -0.05) is 12.1 Å². The number of pyridine rings is 1. The second-order valence-electron chi connectivity index (χ2n) is 5.52. The van der Waals surface area contributed by atoms with Crippen LogP contribution >= 0.6 is 0 Å². The molecule has 0 bridgehead atoms. The quantitative estimate of drug-likeness (QED) is 0.796. The van der Waals surface area contributed by atoms with Crippen molar-refractivity contribution < 1.29 is 9.15 Å². The summed E-state index contributed by atoms with van der Waals surface area (Å²) in [6.07, 6.45) is 3.46. The van der Waals surface area contributed by atoms with Gasteiger partial charge in [0, 0.05) is 25.8 Å². The van der Waals surface area contributed by atoms with Gasteiger partial charge in [0.25, 0.3) is 6.01 Å². The van der Waals surface area contributed by atoms with Gasteiger partial charge in [-0.25, -0.2) is 0 Å². The van der Waals surface area contributed by atoms with Crippen molar-refractivity contribution in [3.63, 3.8) is 0 Å². The predicted octanol–water partition coefficient (Wildman–Crippen LogP) is 2.08. The van der Waals surface area contributed by atoms with Gasteiger partial charge < -0.3 is 19.4 Å². The summed E-state index contributed by atoms with van der Waals surface area (Å²) in [7, 11) is 0. The number of hydrogen-bond acceptors (Lipinski definition) is 6. The van der Waals surface area contributed by atoms with Gasteiger partial charge in [0.05, 0.1) is 12.2 Å². The van der Waals surface area contributed by atoms with Gasteiger partial charge in [-0.05, 0) is 24.3 Å². The van der Waals surface area contributed by atoms with Crippen LogP contribution in [0, 0.1) is 0 Å². The number of aromatic nitrogens is 2. The lowest BCUT2D eigenvalue weighted by Gasteiger charge is -2.34. The summed E-state index contributed by atoms with van der Waals surface area (Å²) in [6, 6.07) is 12.4. The first-order chi connectivity index (χ1) is 11.4. The molecule has 1 aliphatic rings. The number of nitrogens with one attached hydrogen (secondary N) is 1. The fourth-order valence-electron chi connectivity index (χ4n) is 2.77. The van der Waals surface area contributed by atoms with E-state index in [9.17, 15) is 0 Å². The van der Waals surface area contributed by atoms with Gasteiger partial charge >= 0.3 is 0 Å². The molecule has 23 heavy (non-hydrogen) atoms. The van der Waals surface area contributed by atoms with E-state index in [0.717, 1.165) is 36.5 Å². The van der Waals surface area contributed by atoms with Gasteiger partial charge in [-0.15, -0.1) is 0 Å². The number of fused-ring (bicyclic) bond motifs is 1. The molecule has 1 fully saturated rings. The number of benzene rings is 1. The van der Waals surface area contributed by atoms with E-state index in [2.05, 4.69) is 20.2 Å². The standard InChI is InChI=1S/C17H18N4O2/c1-2-6-16-15(5-1)20-17(23-16)21-9-8-19-10-13(21)12-22-14-4-3-7-18-11-14/h1-7,11,13,19H,8-10,12H2/t13-/m1/s1. The maximum absolute atomic E-state index is 5.91. The lowest BCUT2D eigenvalue weighted by atomic mass is 10.2. The molecule has 0 spiro atoms.